The van der Waals surface area contributed by atoms with Crippen molar-refractivity contribution in [3.63, 3.8) is 0 Å². The molecule has 1 amide bonds. The van der Waals surface area contributed by atoms with Crippen molar-refractivity contribution in [2.45, 2.75) is 17.7 Å². The lowest BCUT2D eigenvalue weighted by molar-refractivity contribution is 0.172. The fraction of sp³-hybridized carbons (Fsp3) is 0.286. The summed E-state index contributed by atoms with van der Waals surface area (Å²) in [5.74, 6) is 1.41. The average molecular weight is 372 g/mol. The number of carbonyl (C=O) groups excluding carboxylic acids is 1. The fourth-order valence-electron chi connectivity index (χ4n) is 2.37. The van der Waals surface area contributed by atoms with Gasteiger partial charge in [0.25, 0.3) is 0 Å². The lowest BCUT2D eigenvalue weighted by Gasteiger charge is -2.13. The minimum atomic E-state index is -0.395. The van der Waals surface area contributed by atoms with Crippen molar-refractivity contribution in [2.24, 2.45) is 0 Å². The molecule has 0 aromatic heterocycles. The zero-order valence-corrected chi connectivity index (χ0v) is 16.3. The predicted octanol–water partition coefficient (Wildman–Crippen LogP) is 5.12. The van der Waals surface area contributed by atoms with Gasteiger partial charge >= 0.3 is 6.09 Å². The first-order valence-electron chi connectivity index (χ1n) is 8.45. The summed E-state index contributed by atoms with van der Waals surface area (Å²) in [5.41, 5.74) is 2.13. The molecule has 0 saturated heterocycles. The molecule has 4 nitrogen and oxygen atoms in total. The van der Waals surface area contributed by atoms with Gasteiger partial charge in [0.2, 0.25) is 0 Å². The Morgan fingerprint density at radius 1 is 1.15 bits per heavy atom. The highest BCUT2D eigenvalue weighted by Crippen LogP contribution is 2.22. The molecule has 0 aliphatic carbocycles. The second-order valence-corrected chi connectivity index (χ2v) is 6.83. The predicted molar refractivity (Wildman–Crippen MR) is 108 cm³/mol. The standard InChI is InChI=1S/C21H25NO3S/c1-5-16-15-19(25-21(23)22(2)3)9-8-17(16)7-6-14-24-18-10-12-20(26-4)13-11-18/h5,8-13,15H,1,6-7,14H2,2-4H3. The summed E-state index contributed by atoms with van der Waals surface area (Å²) in [4.78, 5) is 14.3. The zero-order chi connectivity index (χ0) is 18.9. The van der Waals surface area contributed by atoms with Gasteiger partial charge in [0.05, 0.1) is 6.61 Å². The maximum Gasteiger partial charge on any atom is 0.414 e. The number of ether oxygens (including phenoxy) is 2. The minimum absolute atomic E-state index is 0.395. The number of aryl methyl sites for hydroxylation is 1. The second-order valence-electron chi connectivity index (χ2n) is 5.95. The molecule has 0 radical (unpaired) electrons. The van der Waals surface area contributed by atoms with E-state index in [0.29, 0.717) is 12.4 Å². The van der Waals surface area contributed by atoms with Crippen molar-refractivity contribution in [1.29, 1.82) is 0 Å². The Balaban J connectivity index is 1.88. The van der Waals surface area contributed by atoms with E-state index in [0.717, 1.165) is 29.7 Å². The Labute approximate surface area is 159 Å². The van der Waals surface area contributed by atoms with Crippen LogP contribution in [0.15, 0.2) is 53.9 Å². The number of carbonyl (C=O) groups is 1. The van der Waals surface area contributed by atoms with E-state index in [4.69, 9.17) is 9.47 Å². The van der Waals surface area contributed by atoms with Crippen molar-refractivity contribution in [1.82, 2.24) is 4.90 Å². The van der Waals surface area contributed by atoms with E-state index in [1.165, 1.54) is 9.80 Å². The van der Waals surface area contributed by atoms with Crippen molar-refractivity contribution in [2.75, 3.05) is 27.0 Å². The second kappa shape index (κ2) is 9.92. The lowest BCUT2D eigenvalue weighted by atomic mass is 10.0. The zero-order valence-electron chi connectivity index (χ0n) is 15.5. The summed E-state index contributed by atoms with van der Waals surface area (Å²) >= 11 is 1.71. The summed E-state index contributed by atoms with van der Waals surface area (Å²) in [6, 6.07) is 13.7. The summed E-state index contributed by atoms with van der Waals surface area (Å²) in [6.45, 7) is 4.50. The topological polar surface area (TPSA) is 38.8 Å². The highest BCUT2D eigenvalue weighted by atomic mass is 32.2. The molecule has 138 valence electrons. The van der Waals surface area contributed by atoms with E-state index in [1.807, 2.05) is 30.3 Å². The molecule has 0 unspecified atom stereocenters. The van der Waals surface area contributed by atoms with E-state index in [1.54, 1.807) is 31.9 Å². The highest BCUT2D eigenvalue weighted by Gasteiger charge is 2.09. The maximum atomic E-state index is 11.6. The van der Waals surface area contributed by atoms with Gasteiger partial charge in [-0.05, 0) is 66.6 Å². The van der Waals surface area contributed by atoms with Crippen LogP contribution in [-0.2, 0) is 6.42 Å². The van der Waals surface area contributed by atoms with Gasteiger partial charge in [0, 0.05) is 19.0 Å². The van der Waals surface area contributed by atoms with Gasteiger partial charge < -0.3 is 14.4 Å². The number of nitrogens with zero attached hydrogens (tertiary/aromatic N) is 1. The Morgan fingerprint density at radius 2 is 1.85 bits per heavy atom. The molecule has 0 N–H and O–H groups in total. The van der Waals surface area contributed by atoms with E-state index in [-0.39, 0.29) is 0 Å². The monoisotopic (exact) mass is 371 g/mol. The molecule has 0 saturated carbocycles. The SMILES string of the molecule is C=Cc1cc(OC(=O)N(C)C)ccc1CCCOc1ccc(SC)cc1. The van der Waals surface area contributed by atoms with Crippen molar-refractivity contribution >= 4 is 23.9 Å². The Kier molecular flexibility index (Phi) is 7.60. The average Bonchev–Trinajstić information content (AvgIpc) is 2.66. The van der Waals surface area contributed by atoms with E-state index >= 15 is 0 Å². The van der Waals surface area contributed by atoms with Crippen LogP contribution in [0, 0.1) is 0 Å². The molecule has 0 heterocycles. The van der Waals surface area contributed by atoms with Crippen molar-refractivity contribution < 1.29 is 14.3 Å². The van der Waals surface area contributed by atoms with Crippen LogP contribution in [-0.4, -0.2) is 38.0 Å². The Hall–Kier alpha value is -2.40. The first-order valence-corrected chi connectivity index (χ1v) is 9.67. The van der Waals surface area contributed by atoms with E-state index in [9.17, 15) is 4.79 Å². The van der Waals surface area contributed by atoms with Crippen LogP contribution < -0.4 is 9.47 Å². The molecule has 0 bridgehead atoms. The molecule has 2 aromatic carbocycles. The minimum Gasteiger partial charge on any atom is -0.494 e. The molecule has 2 aromatic rings. The number of rotatable bonds is 8. The highest BCUT2D eigenvalue weighted by molar-refractivity contribution is 7.98. The van der Waals surface area contributed by atoms with Gasteiger partial charge in [0.15, 0.2) is 0 Å². The van der Waals surface area contributed by atoms with Gasteiger partial charge in [-0.3, -0.25) is 0 Å². The van der Waals surface area contributed by atoms with Crippen LogP contribution in [0.5, 0.6) is 11.5 Å². The Morgan fingerprint density at radius 3 is 2.46 bits per heavy atom. The third-order valence-electron chi connectivity index (χ3n) is 3.83. The lowest BCUT2D eigenvalue weighted by Crippen LogP contribution is -2.25. The van der Waals surface area contributed by atoms with Crippen LogP contribution in [0.25, 0.3) is 6.08 Å². The molecule has 0 atom stereocenters. The molecule has 0 aliphatic rings. The molecule has 0 aliphatic heterocycles. The van der Waals surface area contributed by atoms with Gasteiger partial charge in [0.1, 0.15) is 11.5 Å². The molecular weight excluding hydrogens is 346 g/mol. The number of hydrogen-bond acceptors (Lipinski definition) is 4. The van der Waals surface area contributed by atoms with Crippen molar-refractivity contribution in [3.05, 3.63) is 60.2 Å². The summed E-state index contributed by atoms with van der Waals surface area (Å²) < 4.78 is 11.1. The molecule has 0 spiro atoms. The summed E-state index contributed by atoms with van der Waals surface area (Å²) in [6.07, 6.45) is 5.20. The van der Waals surface area contributed by atoms with E-state index < -0.39 is 6.09 Å². The first-order chi connectivity index (χ1) is 12.5. The fourth-order valence-corrected chi connectivity index (χ4v) is 2.78. The molecule has 0 fully saturated rings. The van der Waals surface area contributed by atoms with Crippen LogP contribution in [0.3, 0.4) is 0 Å². The van der Waals surface area contributed by atoms with Gasteiger partial charge in [-0.1, -0.05) is 18.7 Å². The van der Waals surface area contributed by atoms with E-state index in [2.05, 4.69) is 25.0 Å². The summed E-state index contributed by atoms with van der Waals surface area (Å²) in [5, 5.41) is 0. The Bertz CT molecular complexity index is 741. The largest absolute Gasteiger partial charge is 0.494 e. The van der Waals surface area contributed by atoms with Gasteiger partial charge in [-0.15, -0.1) is 11.8 Å². The third-order valence-corrected chi connectivity index (χ3v) is 4.57. The molecular formula is C21H25NO3S. The maximum absolute atomic E-state index is 11.6. The molecule has 26 heavy (non-hydrogen) atoms. The van der Waals surface area contributed by atoms with Crippen LogP contribution in [0.1, 0.15) is 17.5 Å². The van der Waals surface area contributed by atoms with Crippen LogP contribution in [0.2, 0.25) is 0 Å². The number of thioether (sulfide) groups is 1. The number of benzene rings is 2. The van der Waals surface area contributed by atoms with Crippen molar-refractivity contribution in [3.8, 4) is 11.5 Å². The number of hydrogen-bond donors (Lipinski definition) is 0. The third kappa shape index (κ3) is 5.85. The van der Waals surface area contributed by atoms with Gasteiger partial charge in [-0.25, -0.2) is 4.79 Å². The normalized spacial score (nSPS) is 10.3. The van der Waals surface area contributed by atoms with Gasteiger partial charge in [-0.2, -0.15) is 0 Å². The van der Waals surface area contributed by atoms with Crippen LogP contribution in [0.4, 0.5) is 4.79 Å². The molecule has 5 heteroatoms. The summed E-state index contributed by atoms with van der Waals surface area (Å²) in [7, 11) is 3.31. The molecule has 2 rings (SSSR count). The smallest absolute Gasteiger partial charge is 0.414 e. The quantitative estimate of drug-likeness (QED) is 0.477. The first kappa shape index (κ1) is 19.9. The number of amides is 1. The van der Waals surface area contributed by atoms with Crippen LogP contribution >= 0.6 is 11.8 Å².